The van der Waals surface area contributed by atoms with E-state index in [1.54, 1.807) is 18.3 Å². The van der Waals surface area contributed by atoms with Crippen molar-refractivity contribution in [3.8, 4) is 17.0 Å². The SMILES string of the molecule is C=CCOc1cccc(-c2ccnc(Cl)n2)c1. The van der Waals surface area contributed by atoms with Gasteiger partial charge in [0.1, 0.15) is 12.4 Å². The highest BCUT2D eigenvalue weighted by Crippen LogP contribution is 2.22. The molecule has 1 aromatic heterocycles. The van der Waals surface area contributed by atoms with Gasteiger partial charge in [0.15, 0.2) is 0 Å². The molecule has 0 aliphatic heterocycles. The predicted molar refractivity (Wildman–Crippen MR) is 68.2 cm³/mol. The third kappa shape index (κ3) is 3.04. The molecule has 0 unspecified atom stereocenters. The maximum Gasteiger partial charge on any atom is 0.222 e. The molecule has 1 heterocycles. The fraction of sp³-hybridized carbons (Fsp3) is 0.0769. The summed E-state index contributed by atoms with van der Waals surface area (Å²) in [7, 11) is 0. The lowest BCUT2D eigenvalue weighted by atomic mass is 10.1. The van der Waals surface area contributed by atoms with E-state index in [9.17, 15) is 0 Å². The number of hydrogen-bond acceptors (Lipinski definition) is 3. The molecule has 1 aromatic carbocycles. The van der Waals surface area contributed by atoms with Crippen molar-refractivity contribution in [3.05, 3.63) is 54.5 Å². The van der Waals surface area contributed by atoms with Gasteiger partial charge in [0, 0.05) is 11.8 Å². The van der Waals surface area contributed by atoms with E-state index in [1.165, 1.54) is 0 Å². The van der Waals surface area contributed by atoms with Crippen molar-refractivity contribution >= 4 is 11.6 Å². The van der Waals surface area contributed by atoms with Gasteiger partial charge in [-0.1, -0.05) is 24.8 Å². The molecule has 0 saturated carbocycles. The molecule has 17 heavy (non-hydrogen) atoms. The second kappa shape index (κ2) is 5.46. The summed E-state index contributed by atoms with van der Waals surface area (Å²) in [5.41, 5.74) is 1.71. The lowest BCUT2D eigenvalue weighted by Crippen LogP contribution is -1.93. The van der Waals surface area contributed by atoms with Crippen LogP contribution in [-0.2, 0) is 0 Å². The fourth-order valence-corrected chi connectivity index (χ4v) is 1.54. The summed E-state index contributed by atoms with van der Waals surface area (Å²) >= 11 is 5.75. The minimum atomic E-state index is 0.236. The van der Waals surface area contributed by atoms with Crippen LogP contribution in [0.25, 0.3) is 11.3 Å². The number of halogens is 1. The van der Waals surface area contributed by atoms with Gasteiger partial charge in [0.05, 0.1) is 5.69 Å². The van der Waals surface area contributed by atoms with Crippen LogP contribution in [0.1, 0.15) is 0 Å². The molecule has 0 N–H and O–H groups in total. The lowest BCUT2D eigenvalue weighted by Gasteiger charge is -2.05. The monoisotopic (exact) mass is 246 g/mol. The summed E-state index contributed by atoms with van der Waals surface area (Å²) < 4.78 is 5.45. The van der Waals surface area contributed by atoms with Gasteiger partial charge >= 0.3 is 0 Å². The first kappa shape index (κ1) is 11.6. The van der Waals surface area contributed by atoms with Gasteiger partial charge in [0.25, 0.3) is 0 Å². The molecule has 0 aliphatic carbocycles. The Morgan fingerprint density at radius 1 is 1.35 bits per heavy atom. The van der Waals surface area contributed by atoms with E-state index in [4.69, 9.17) is 16.3 Å². The Balaban J connectivity index is 2.29. The highest BCUT2D eigenvalue weighted by Gasteiger charge is 2.02. The Hall–Kier alpha value is -1.87. The van der Waals surface area contributed by atoms with Crippen LogP contribution in [0.5, 0.6) is 5.75 Å². The summed E-state index contributed by atoms with van der Waals surface area (Å²) in [6.45, 7) is 4.09. The third-order valence-electron chi connectivity index (χ3n) is 2.12. The van der Waals surface area contributed by atoms with Gasteiger partial charge in [-0.2, -0.15) is 0 Å². The molecule has 3 nitrogen and oxygen atoms in total. The van der Waals surface area contributed by atoms with Crippen LogP contribution in [0.15, 0.2) is 49.2 Å². The minimum Gasteiger partial charge on any atom is -0.490 e. The van der Waals surface area contributed by atoms with Crippen molar-refractivity contribution < 1.29 is 4.74 Å². The fourth-order valence-electron chi connectivity index (χ4n) is 1.40. The van der Waals surface area contributed by atoms with Crippen LogP contribution in [0, 0.1) is 0 Å². The van der Waals surface area contributed by atoms with E-state index in [1.807, 2.05) is 24.3 Å². The number of ether oxygens (including phenoxy) is 1. The summed E-state index contributed by atoms with van der Waals surface area (Å²) in [6, 6.07) is 9.44. The largest absolute Gasteiger partial charge is 0.490 e. The molecule has 0 fully saturated rings. The smallest absolute Gasteiger partial charge is 0.222 e. The zero-order valence-electron chi connectivity index (χ0n) is 9.14. The zero-order chi connectivity index (χ0) is 12.1. The maximum absolute atomic E-state index is 5.75. The molecular formula is C13H11ClN2O. The summed E-state index contributed by atoms with van der Waals surface area (Å²) in [5, 5.41) is 0.236. The van der Waals surface area contributed by atoms with Gasteiger partial charge in [-0.25, -0.2) is 9.97 Å². The van der Waals surface area contributed by atoms with Crippen molar-refractivity contribution in [2.75, 3.05) is 6.61 Å². The van der Waals surface area contributed by atoms with Gasteiger partial charge < -0.3 is 4.74 Å². The van der Waals surface area contributed by atoms with Gasteiger partial charge in [-0.15, -0.1) is 0 Å². The minimum absolute atomic E-state index is 0.236. The van der Waals surface area contributed by atoms with Gasteiger partial charge in [-0.3, -0.25) is 0 Å². The quantitative estimate of drug-likeness (QED) is 0.613. The van der Waals surface area contributed by atoms with Crippen molar-refractivity contribution in [1.29, 1.82) is 0 Å². The van der Waals surface area contributed by atoms with Crippen molar-refractivity contribution in [1.82, 2.24) is 9.97 Å². The molecule has 0 saturated heterocycles. The molecule has 86 valence electrons. The predicted octanol–water partition coefficient (Wildman–Crippen LogP) is 3.36. The first-order chi connectivity index (χ1) is 8.29. The third-order valence-corrected chi connectivity index (χ3v) is 2.31. The maximum atomic E-state index is 5.75. The first-order valence-electron chi connectivity index (χ1n) is 5.12. The topological polar surface area (TPSA) is 35.0 Å². The average Bonchev–Trinajstić information content (AvgIpc) is 2.37. The lowest BCUT2D eigenvalue weighted by molar-refractivity contribution is 0.363. The molecule has 4 heteroatoms. The van der Waals surface area contributed by atoms with E-state index < -0.39 is 0 Å². The van der Waals surface area contributed by atoms with E-state index in [0.717, 1.165) is 17.0 Å². The first-order valence-corrected chi connectivity index (χ1v) is 5.50. The molecule has 0 radical (unpaired) electrons. The van der Waals surface area contributed by atoms with E-state index >= 15 is 0 Å². The molecule has 0 bridgehead atoms. The standard InChI is InChI=1S/C13H11ClN2O/c1-2-8-17-11-5-3-4-10(9-11)12-6-7-15-13(14)16-12/h2-7,9H,1,8H2. The Morgan fingerprint density at radius 3 is 3.00 bits per heavy atom. The molecule has 0 spiro atoms. The Kier molecular flexibility index (Phi) is 3.73. The average molecular weight is 247 g/mol. The van der Waals surface area contributed by atoms with Crippen LogP contribution in [0.2, 0.25) is 5.28 Å². The van der Waals surface area contributed by atoms with Crippen LogP contribution in [0.4, 0.5) is 0 Å². The number of aromatic nitrogens is 2. The molecule has 0 amide bonds. The zero-order valence-corrected chi connectivity index (χ0v) is 9.89. The summed E-state index contributed by atoms with van der Waals surface area (Å²) in [5.74, 6) is 0.775. The highest BCUT2D eigenvalue weighted by atomic mass is 35.5. The van der Waals surface area contributed by atoms with Crippen molar-refractivity contribution in [2.45, 2.75) is 0 Å². The Morgan fingerprint density at radius 2 is 2.24 bits per heavy atom. The van der Waals surface area contributed by atoms with E-state index in [2.05, 4.69) is 16.5 Å². The number of benzene rings is 1. The molecule has 0 atom stereocenters. The second-order valence-corrected chi connectivity index (χ2v) is 3.68. The molecule has 2 aromatic rings. The van der Waals surface area contributed by atoms with Crippen LogP contribution in [-0.4, -0.2) is 16.6 Å². The van der Waals surface area contributed by atoms with E-state index in [0.29, 0.717) is 6.61 Å². The summed E-state index contributed by atoms with van der Waals surface area (Å²) in [6.07, 6.45) is 3.33. The normalized spacial score (nSPS) is 9.94. The Labute approximate surface area is 105 Å². The second-order valence-electron chi connectivity index (χ2n) is 3.34. The number of nitrogens with zero attached hydrogens (tertiary/aromatic N) is 2. The van der Waals surface area contributed by atoms with Crippen LogP contribution in [0.3, 0.4) is 0 Å². The molecule has 2 rings (SSSR count). The van der Waals surface area contributed by atoms with E-state index in [-0.39, 0.29) is 5.28 Å². The van der Waals surface area contributed by atoms with Gasteiger partial charge in [0.2, 0.25) is 5.28 Å². The van der Waals surface area contributed by atoms with Crippen molar-refractivity contribution in [3.63, 3.8) is 0 Å². The molecular weight excluding hydrogens is 236 g/mol. The summed E-state index contributed by atoms with van der Waals surface area (Å²) in [4.78, 5) is 7.99. The van der Waals surface area contributed by atoms with Crippen molar-refractivity contribution in [2.24, 2.45) is 0 Å². The number of hydrogen-bond donors (Lipinski definition) is 0. The Bertz CT molecular complexity index is 528. The highest BCUT2D eigenvalue weighted by molar-refractivity contribution is 6.28. The van der Waals surface area contributed by atoms with Crippen LogP contribution >= 0.6 is 11.6 Å². The van der Waals surface area contributed by atoms with Gasteiger partial charge in [-0.05, 0) is 29.8 Å². The molecule has 0 aliphatic rings. The number of rotatable bonds is 4. The van der Waals surface area contributed by atoms with Crippen LogP contribution < -0.4 is 4.74 Å².